The van der Waals surface area contributed by atoms with Crippen LogP contribution in [-0.2, 0) is 19.1 Å². The third kappa shape index (κ3) is 27.5. The lowest BCUT2D eigenvalue weighted by molar-refractivity contribution is -0.150. The van der Waals surface area contributed by atoms with Crippen LogP contribution in [0.1, 0.15) is 220 Å². The van der Waals surface area contributed by atoms with Gasteiger partial charge in [0.2, 0.25) is 0 Å². The number of hydrogen-bond donors (Lipinski definition) is 1. The maximum absolute atomic E-state index is 13.2. The van der Waals surface area contributed by atoms with E-state index in [1.165, 1.54) is 141 Å². The normalized spacial score (nSPS) is 15.2. The minimum Gasteiger partial charge on any atom is -0.465 e. The second kappa shape index (κ2) is 34.9. The van der Waals surface area contributed by atoms with Crippen LogP contribution in [0.4, 0.5) is 0 Å². The molecule has 0 amide bonds. The highest BCUT2D eigenvalue weighted by Gasteiger charge is 2.21. The van der Waals surface area contributed by atoms with Gasteiger partial charge in [0.05, 0.1) is 19.8 Å². The lowest BCUT2D eigenvalue weighted by atomic mass is 9.91. The Kier molecular flexibility index (Phi) is 32.7. The Hall–Kier alpha value is -1.14. The van der Waals surface area contributed by atoms with Crippen LogP contribution in [0.25, 0.3) is 0 Å². The van der Waals surface area contributed by atoms with E-state index < -0.39 is 0 Å². The Labute approximate surface area is 311 Å². The fraction of sp³-hybridized carbons (Fsp3) is 0.955. The van der Waals surface area contributed by atoms with E-state index in [0.29, 0.717) is 38.0 Å². The van der Waals surface area contributed by atoms with Crippen molar-refractivity contribution in [2.24, 2.45) is 11.8 Å². The zero-order valence-electron chi connectivity index (χ0n) is 33.7. The van der Waals surface area contributed by atoms with Crippen LogP contribution in [0, 0.1) is 11.8 Å². The first-order valence-corrected chi connectivity index (χ1v) is 22.2. The highest BCUT2D eigenvalue weighted by atomic mass is 16.5. The molecule has 1 N–H and O–H groups in total. The predicted molar refractivity (Wildman–Crippen MR) is 211 cm³/mol. The fourth-order valence-electron chi connectivity index (χ4n) is 7.80. The molecule has 50 heavy (non-hydrogen) atoms. The maximum atomic E-state index is 13.2. The molecule has 296 valence electrons. The summed E-state index contributed by atoms with van der Waals surface area (Å²) in [5.41, 5.74) is 0. The monoisotopic (exact) mass is 708 g/mol. The molecule has 0 aromatic rings. The van der Waals surface area contributed by atoms with Crippen LogP contribution in [-0.4, -0.2) is 60.9 Å². The van der Waals surface area contributed by atoms with Gasteiger partial charge in [0, 0.05) is 31.3 Å². The Morgan fingerprint density at radius 1 is 0.560 bits per heavy atom. The van der Waals surface area contributed by atoms with Crippen LogP contribution in [0.2, 0.25) is 0 Å². The van der Waals surface area contributed by atoms with E-state index in [4.69, 9.17) is 9.47 Å². The number of esters is 2. The van der Waals surface area contributed by atoms with Crippen molar-refractivity contribution in [2.75, 3.05) is 32.9 Å². The molecule has 1 saturated carbocycles. The summed E-state index contributed by atoms with van der Waals surface area (Å²) in [4.78, 5) is 28.4. The molecule has 0 aromatic heterocycles. The summed E-state index contributed by atoms with van der Waals surface area (Å²) in [5.74, 6) is 0.261. The number of aliphatic hydroxyl groups is 1. The van der Waals surface area contributed by atoms with Gasteiger partial charge in [-0.2, -0.15) is 0 Å². The number of nitrogens with zero attached hydrogens (tertiary/aromatic N) is 1. The fourth-order valence-corrected chi connectivity index (χ4v) is 7.80. The van der Waals surface area contributed by atoms with E-state index >= 15 is 0 Å². The predicted octanol–water partition coefficient (Wildman–Crippen LogP) is 12.1. The summed E-state index contributed by atoms with van der Waals surface area (Å²) in [7, 11) is 0. The first-order chi connectivity index (χ1) is 24.5. The smallest absolute Gasteiger partial charge is 0.306 e. The van der Waals surface area contributed by atoms with Gasteiger partial charge in [0.25, 0.3) is 0 Å². The molecule has 0 radical (unpaired) electrons. The lowest BCUT2D eigenvalue weighted by Gasteiger charge is -2.30. The molecular weight excluding hydrogens is 622 g/mol. The number of aliphatic hydroxyl groups excluding tert-OH is 1. The van der Waals surface area contributed by atoms with E-state index in [0.717, 1.165) is 58.0 Å². The van der Waals surface area contributed by atoms with Gasteiger partial charge in [-0.25, -0.2) is 0 Å². The largest absolute Gasteiger partial charge is 0.465 e. The van der Waals surface area contributed by atoms with E-state index in [9.17, 15) is 14.7 Å². The molecule has 0 aliphatic heterocycles. The minimum atomic E-state index is -0.110. The quantitative estimate of drug-likeness (QED) is 0.0401. The lowest BCUT2D eigenvalue weighted by Crippen LogP contribution is -2.38. The summed E-state index contributed by atoms with van der Waals surface area (Å²) in [6.07, 6.45) is 36.2. The number of hydrogen-bond acceptors (Lipinski definition) is 6. The standard InChI is InChI=1S/C44H85NO5/c1-4-7-10-13-15-16-18-25-33-43(47)49-38-41(30-26-27-34-45(35-36-46)42-31-23-19-20-24-32-42)39-50-44(48)37-40(28-21-12-9-6-3)29-22-17-14-11-8-5-2/h40-42,46H,4-39H2,1-3H3. The molecule has 0 bridgehead atoms. The topological polar surface area (TPSA) is 76.1 Å². The van der Waals surface area contributed by atoms with E-state index in [-0.39, 0.29) is 24.5 Å². The van der Waals surface area contributed by atoms with Gasteiger partial charge >= 0.3 is 11.9 Å². The Balaban J connectivity index is 2.63. The minimum absolute atomic E-state index is 0.0345. The van der Waals surface area contributed by atoms with Gasteiger partial charge < -0.3 is 14.6 Å². The van der Waals surface area contributed by atoms with E-state index in [2.05, 4.69) is 25.7 Å². The molecule has 1 rings (SSSR count). The number of carbonyl (C=O) groups is 2. The molecule has 0 spiro atoms. The number of unbranched alkanes of at least 4 members (excludes halogenated alkanes) is 16. The maximum Gasteiger partial charge on any atom is 0.306 e. The highest BCUT2D eigenvalue weighted by Crippen LogP contribution is 2.24. The van der Waals surface area contributed by atoms with Crippen molar-refractivity contribution >= 4 is 11.9 Å². The van der Waals surface area contributed by atoms with E-state index in [1.807, 2.05) is 0 Å². The third-order valence-electron chi connectivity index (χ3n) is 11.1. The number of carbonyl (C=O) groups excluding carboxylic acids is 2. The van der Waals surface area contributed by atoms with Crippen LogP contribution < -0.4 is 0 Å². The van der Waals surface area contributed by atoms with Crippen LogP contribution in [0.15, 0.2) is 0 Å². The molecule has 6 nitrogen and oxygen atoms in total. The van der Waals surface area contributed by atoms with Gasteiger partial charge in [-0.1, -0.05) is 162 Å². The van der Waals surface area contributed by atoms with Crippen LogP contribution in [0.5, 0.6) is 0 Å². The zero-order chi connectivity index (χ0) is 36.3. The van der Waals surface area contributed by atoms with Crippen molar-refractivity contribution in [1.29, 1.82) is 0 Å². The first-order valence-electron chi connectivity index (χ1n) is 22.2. The third-order valence-corrected chi connectivity index (χ3v) is 11.1. The molecule has 0 heterocycles. The van der Waals surface area contributed by atoms with Crippen molar-refractivity contribution < 1.29 is 24.2 Å². The number of ether oxygens (including phenoxy) is 2. The molecule has 0 saturated heterocycles. The zero-order valence-corrected chi connectivity index (χ0v) is 33.7. The van der Waals surface area contributed by atoms with Crippen LogP contribution >= 0.6 is 0 Å². The van der Waals surface area contributed by atoms with Gasteiger partial charge in [-0.3, -0.25) is 14.5 Å². The molecule has 6 heteroatoms. The Morgan fingerprint density at radius 3 is 1.58 bits per heavy atom. The Bertz CT molecular complexity index is 753. The summed E-state index contributed by atoms with van der Waals surface area (Å²) >= 11 is 0. The number of rotatable bonds is 35. The SMILES string of the molecule is CCCCCCCCCCC(=O)OCC(CCCCN(CCO)C1CCCCCC1)COC(=O)CC(CCCCCC)CCCCCCCC. The summed E-state index contributed by atoms with van der Waals surface area (Å²) in [6, 6.07) is 0.588. The Morgan fingerprint density at radius 2 is 1.02 bits per heavy atom. The van der Waals surface area contributed by atoms with Crippen molar-refractivity contribution in [2.45, 2.75) is 226 Å². The second-order valence-corrected chi connectivity index (χ2v) is 15.8. The van der Waals surface area contributed by atoms with E-state index in [1.54, 1.807) is 0 Å². The van der Waals surface area contributed by atoms with Gasteiger partial charge in [-0.05, 0) is 57.4 Å². The summed E-state index contributed by atoms with van der Waals surface area (Å²) in [5, 5.41) is 9.75. The molecule has 2 atom stereocenters. The van der Waals surface area contributed by atoms with Gasteiger partial charge in [-0.15, -0.1) is 0 Å². The van der Waals surface area contributed by atoms with Crippen molar-refractivity contribution in [3.63, 3.8) is 0 Å². The van der Waals surface area contributed by atoms with Gasteiger partial charge in [0.15, 0.2) is 0 Å². The molecule has 1 aliphatic rings. The highest BCUT2D eigenvalue weighted by molar-refractivity contribution is 5.70. The summed E-state index contributed by atoms with van der Waals surface area (Å²) in [6.45, 7) is 9.39. The second-order valence-electron chi connectivity index (χ2n) is 15.8. The average molecular weight is 708 g/mol. The van der Waals surface area contributed by atoms with Crippen LogP contribution in [0.3, 0.4) is 0 Å². The molecule has 1 aliphatic carbocycles. The first kappa shape index (κ1) is 46.9. The van der Waals surface area contributed by atoms with Crippen molar-refractivity contribution in [3.05, 3.63) is 0 Å². The molecular formula is C44H85NO5. The van der Waals surface area contributed by atoms with Crippen molar-refractivity contribution in [3.8, 4) is 0 Å². The molecule has 0 aromatic carbocycles. The molecule has 1 fully saturated rings. The summed E-state index contributed by atoms with van der Waals surface area (Å²) < 4.78 is 11.8. The van der Waals surface area contributed by atoms with Crippen molar-refractivity contribution in [1.82, 2.24) is 4.90 Å². The molecule has 2 unspecified atom stereocenters. The average Bonchev–Trinajstić information content (AvgIpc) is 3.41. The van der Waals surface area contributed by atoms with Gasteiger partial charge in [0.1, 0.15) is 0 Å².